The Bertz CT molecular complexity index is 694. The largest absolute Gasteiger partial charge is 0.397 e. The summed E-state index contributed by atoms with van der Waals surface area (Å²) in [5.74, 6) is -0.192. The van der Waals surface area contributed by atoms with E-state index in [-0.39, 0.29) is 12.5 Å². The summed E-state index contributed by atoms with van der Waals surface area (Å²) in [7, 11) is 0. The van der Waals surface area contributed by atoms with Gasteiger partial charge >= 0.3 is 0 Å². The standard InChI is InChI=1S/C17H20N4O2/c18-15-7-14(8-20-9-15)12-1-3-13(4-2-12)16(22)21-11-17(23)5-6-19-10-17/h1-4,7-9,19,23H,5-6,10-11,18H2,(H,21,22)/t17-/m0/s1. The Labute approximate surface area is 134 Å². The van der Waals surface area contributed by atoms with Crippen molar-refractivity contribution in [3.63, 3.8) is 0 Å². The van der Waals surface area contributed by atoms with Gasteiger partial charge in [-0.2, -0.15) is 0 Å². The van der Waals surface area contributed by atoms with Crippen molar-refractivity contribution in [2.24, 2.45) is 0 Å². The number of aliphatic hydroxyl groups is 1. The fourth-order valence-electron chi connectivity index (χ4n) is 2.66. The minimum atomic E-state index is -0.844. The van der Waals surface area contributed by atoms with Crippen molar-refractivity contribution in [2.45, 2.75) is 12.0 Å². The van der Waals surface area contributed by atoms with Gasteiger partial charge in [-0.3, -0.25) is 9.78 Å². The molecule has 5 N–H and O–H groups in total. The second kappa shape index (κ2) is 6.36. The van der Waals surface area contributed by atoms with E-state index in [4.69, 9.17) is 5.73 Å². The number of rotatable bonds is 4. The summed E-state index contributed by atoms with van der Waals surface area (Å²) in [5, 5.41) is 16.1. The molecule has 1 aliphatic heterocycles. The van der Waals surface area contributed by atoms with Crippen LogP contribution in [0.1, 0.15) is 16.8 Å². The molecule has 1 aliphatic rings. The van der Waals surface area contributed by atoms with E-state index < -0.39 is 5.60 Å². The molecule has 2 aromatic rings. The van der Waals surface area contributed by atoms with Gasteiger partial charge in [0, 0.05) is 36.6 Å². The molecular weight excluding hydrogens is 292 g/mol. The van der Waals surface area contributed by atoms with Gasteiger partial charge in [0.1, 0.15) is 0 Å². The Kier molecular flexibility index (Phi) is 4.27. The maximum absolute atomic E-state index is 12.2. The number of nitrogens with zero attached hydrogens (tertiary/aromatic N) is 1. The zero-order valence-electron chi connectivity index (χ0n) is 12.7. The van der Waals surface area contributed by atoms with E-state index in [2.05, 4.69) is 15.6 Å². The van der Waals surface area contributed by atoms with Crippen LogP contribution in [0.4, 0.5) is 5.69 Å². The number of benzene rings is 1. The number of hydrogen-bond donors (Lipinski definition) is 4. The Hall–Kier alpha value is -2.44. The van der Waals surface area contributed by atoms with E-state index in [1.807, 2.05) is 18.2 Å². The maximum atomic E-state index is 12.2. The van der Waals surface area contributed by atoms with Crippen molar-refractivity contribution in [3.05, 3.63) is 48.3 Å². The van der Waals surface area contributed by atoms with Gasteiger partial charge in [0.2, 0.25) is 0 Å². The lowest BCUT2D eigenvalue weighted by atomic mass is 10.0. The lowest BCUT2D eigenvalue weighted by molar-refractivity contribution is 0.0562. The smallest absolute Gasteiger partial charge is 0.251 e. The normalized spacial score (nSPS) is 20.4. The molecule has 0 radical (unpaired) electrons. The zero-order chi connectivity index (χ0) is 16.3. The number of nitrogens with one attached hydrogen (secondary N) is 2. The molecule has 1 aromatic heterocycles. The van der Waals surface area contributed by atoms with Crippen molar-refractivity contribution in [1.82, 2.24) is 15.6 Å². The summed E-state index contributed by atoms with van der Waals surface area (Å²) < 4.78 is 0. The Morgan fingerprint density at radius 1 is 1.30 bits per heavy atom. The van der Waals surface area contributed by atoms with E-state index >= 15 is 0 Å². The number of nitrogen functional groups attached to an aromatic ring is 1. The van der Waals surface area contributed by atoms with Crippen molar-refractivity contribution < 1.29 is 9.90 Å². The van der Waals surface area contributed by atoms with Gasteiger partial charge in [-0.1, -0.05) is 12.1 Å². The van der Waals surface area contributed by atoms with Gasteiger partial charge in [-0.15, -0.1) is 0 Å². The summed E-state index contributed by atoms with van der Waals surface area (Å²) >= 11 is 0. The number of hydrogen-bond acceptors (Lipinski definition) is 5. The summed E-state index contributed by atoms with van der Waals surface area (Å²) in [6, 6.07) is 9.06. The van der Waals surface area contributed by atoms with E-state index in [1.54, 1.807) is 24.5 Å². The monoisotopic (exact) mass is 312 g/mol. The van der Waals surface area contributed by atoms with Gasteiger partial charge in [0.05, 0.1) is 11.3 Å². The molecule has 120 valence electrons. The van der Waals surface area contributed by atoms with E-state index in [1.165, 1.54) is 0 Å². The van der Waals surface area contributed by atoms with Crippen LogP contribution < -0.4 is 16.4 Å². The average molecular weight is 312 g/mol. The third kappa shape index (κ3) is 3.67. The molecule has 6 heteroatoms. The van der Waals surface area contributed by atoms with E-state index in [0.717, 1.165) is 17.7 Å². The van der Waals surface area contributed by atoms with Gasteiger partial charge < -0.3 is 21.5 Å². The highest BCUT2D eigenvalue weighted by Gasteiger charge is 2.31. The molecule has 0 saturated carbocycles. The first-order valence-corrected chi connectivity index (χ1v) is 7.58. The van der Waals surface area contributed by atoms with Crippen molar-refractivity contribution in [2.75, 3.05) is 25.4 Å². The van der Waals surface area contributed by atoms with Crippen LogP contribution >= 0.6 is 0 Å². The van der Waals surface area contributed by atoms with Crippen molar-refractivity contribution >= 4 is 11.6 Å². The highest BCUT2D eigenvalue weighted by molar-refractivity contribution is 5.94. The highest BCUT2D eigenvalue weighted by Crippen LogP contribution is 2.21. The third-order valence-electron chi connectivity index (χ3n) is 4.04. The van der Waals surface area contributed by atoms with Crippen LogP contribution in [0, 0.1) is 0 Å². The van der Waals surface area contributed by atoms with Crippen LogP contribution in [0.25, 0.3) is 11.1 Å². The van der Waals surface area contributed by atoms with Gasteiger partial charge in [0.15, 0.2) is 0 Å². The predicted octanol–water partition coefficient (Wildman–Crippen LogP) is 0.785. The number of pyridine rings is 1. The highest BCUT2D eigenvalue weighted by atomic mass is 16.3. The molecule has 1 fully saturated rings. The Balaban J connectivity index is 1.65. The topological polar surface area (TPSA) is 100 Å². The molecule has 23 heavy (non-hydrogen) atoms. The molecule has 1 amide bonds. The summed E-state index contributed by atoms with van der Waals surface area (Å²) in [5.41, 5.74) is 7.89. The minimum Gasteiger partial charge on any atom is -0.397 e. The number of aromatic nitrogens is 1. The second-order valence-electron chi connectivity index (χ2n) is 5.92. The van der Waals surface area contributed by atoms with Crippen molar-refractivity contribution in [1.29, 1.82) is 0 Å². The molecule has 0 spiro atoms. The number of carbonyl (C=O) groups excluding carboxylic acids is 1. The number of nitrogens with two attached hydrogens (primary N) is 1. The van der Waals surface area contributed by atoms with Gasteiger partial charge in [0.25, 0.3) is 5.91 Å². The van der Waals surface area contributed by atoms with E-state index in [0.29, 0.717) is 24.2 Å². The lowest BCUT2D eigenvalue weighted by Gasteiger charge is -2.21. The minimum absolute atomic E-state index is 0.192. The van der Waals surface area contributed by atoms with Crippen LogP contribution in [0.3, 0.4) is 0 Å². The number of carbonyl (C=O) groups is 1. The Morgan fingerprint density at radius 3 is 2.74 bits per heavy atom. The van der Waals surface area contributed by atoms with Crippen LogP contribution in [0.5, 0.6) is 0 Å². The Morgan fingerprint density at radius 2 is 2.09 bits per heavy atom. The fraction of sp³-hybridized carbons (Fsp3) is 0.294. The number of anilines is 1. The second-order valence-corrected chi connectivity index (χ2v) is 5.92. The molecule has 0 aliphatic carbocycles. The zero-order valence-corrected chi connectivity index (χ0v) is 12.7. The van der Waals surface area contributed by atoms with Crippen LogP contribution in [0.2, 0.25) is 0 Å². The van der Waals surface area contributed by atoms with Gasteiger partial charge in [-0.05, 0) is 36.7 Å². The molecule has 1 aromatic carbocycles. The predicted molar refractivity (Wildman–Crippen MR) is 88.9 cm³/mol. The molecule has 0 unspecified atom stereocenters. The van der Waals surface area contributed by atoms with Crippen LogP contribution in [0.15, 0.2) is 42.7 Å². The molecule has 1 saturated heterocycles. The first-order chi connectivity index (χ1) is 11.1. The van der Waals surface area contributed by atoms with Crippen LogP contribution in [-0.4, -0.2) is 41.2 Å². The fourth-order valence-corrected chi connectivity index (χ4v) is 2.66. The molecule has 1 atom stereocenters. The quantitative estimate of drug-likeness (QED) is 0.669. The molecule has 2 heterocycles. The van der Waals surface area contributed by atoms with E-state index in [9.17, 15) is 9.90 Å². The average Bonchev–Trinajstić information content (AvgIpc) is 3.00. The molecule has 6 nitrogen and oxygen atoms in total. The summed E-state index contributed by atoms with van der Waals surface area (Å²) in [6.45, 7) is 1.53. The lowest BCUT2D eigenvalue weighted by Crippen LogP contribution is -2.44. The SMILES string of the molecule is Nc1cncc(-c2ccc(C(=O)NC[C@]3(O)CCNC3)cc2)c1. The maximum Gasteiger partial charge on any atom is 0.251 e. The van der Waals surface area contributed by atoms with Crippen LogP contribution in [-0.2, 0) is 0 Å². The number of β-amino-alcohol motifs (C(OH)–C–C–N with tert-alkyl or cyclic N) is 1. The molecular formula is C17H20N4O2. The summed E-state index contributed by atoms with van der Waals surface area (Å²) in [6.07, 6.45) is 3.97. The summed E-state index contributed by atoms with van der Waals surface area (Å²) in [4.78, 5) is 16.2. The van der Waals surface area contributed by atoms with Crippen molar-refractivity contribution in [3.8, 4) is 11.1 Å². The van der Waals surface area contributed by atoms with Gasteiger partial charge in [-0.25, -0.2) is 0 Å². The number of amides is 1. The first-order valence-electron chi connectivity index (χ1n) is 7.58. The third-order valence-corrected chi connectivity index (χ3v) is 4.04. The molecule has 3 rings (SSSR count). The first kappa shape index (κ1) is 15.5. The molecule has 0 bridgehead atoms.